The van der Waals surface area contributed by atoms with Crippen molar-refractivity contribution in [2.24, 2.45) is 0 Å². The quantitative estimate of drug-likeness (QED) is 0.177. The van der Waals surface area contributed by atoms with Gasteiger partial charge in [-0.2, -0.15) is 5.10 Å². The van der Waals surface area contributed by atoms with Gasteiger partial charge in [0.05, 0.1) is 21.9 Å². The van der Waals surface area contributed by atoms with Crippen molar-refractivity contribution in [3.63, 3.8) is 0 Å². The van der Waals surface area contributed by atoms with Crippen LogP contribution >= 0.6 is 15.9 Å². The number of hydrogen-bond donors (Lipinski definition) is 3. The van der Waals surface area contributed by atoms with Crippen LogP contribution in [0, 0.1) is 6.92 Å². The first kappa shape index (κ1) is 27.1. The number of unbranched alkanes of at least 4 members (excludes halogenated alkanes) is 1. The Balaban J connectivity index is 2.03. The van der Waals surface area contributed by atoms with Crippen molar-refractivity contribution in [2.45, 2.75) is 46.5 Å². The van der Waals surface area contributed by atoms with E-state index in [2.05, 4.69) is 43.2 Å². The maximum absolute atomic E-state index is 12.1. The number of amides is 1. The van der Waals surface area contributed by atoms with E-state index in [0.717, 1.165) is 46.4 Å². The molecule has 2 heterocycles. The third kappa shape index (κ3) is 8.02. The van der Waals surface area contributed by atoms with Gasteiger partial charge in [-0.25, -0.2) is 4.68 Å². The molecule has 0 saturated heterocycles. The molecule has 2 aromatic rings. The van der Waals surface area contributed by atoms with E-state index in [9.17, 15) is 9.90 Å². The van der Waals surface area contributed by atoms with Crippen LogP contribution in [0.3, 0.4) is 0 Å². The van der Waals surface area contributed by atoms with E-state index >= 15 is 0 Å². The molecule has 0 atom stereocenters. The van der Waals surface area contributed by atoms with Gasteiger partial charge in [0.15, 0.2) is 0 Å². The highest BCUT2D eigenvalue weighted by Crippen LogP contribution is 2.22. The lowest BCUT2D eigenvalue weighted by Gasteiger charge is -2.15. The molecule has 0 spiro atoms. The second kappa shape index (κ2) is 14.2. The minimum absolute atomic E-state index is 0.120. The van der Waals surface area contributed by atoms with E-state index in [0.29, 0.717) is 25.1 Å². The zero-order valence-corrected chi connectivity index (χ0v) is 21.7. The molecule has 0 aliphatic heterocycles. The molecule has 0 aromatic carbocycles. The van der Waals surface area contributed by atoms with Crippen molar-refractivity contribution < 1.29 is 9.90 Å². The van der Waals surface area contributed by atoms with Crippen LogP contribution in [-0.4, -0.2) is 38.9 Å². The molecular weight excluding hydrogens is 494 g/mol. The van der Waals surface area contributed by atoms with Crippen LogP contribution < -0.4 is 10.6 Å². The number of allylic oxidation sites excluding steroid dienone is 5. The van der Waals surface area contributed by atoms with Crippen molar-refractivity contribution in [1.82, 2.24) is 25.4 Å². The first-order valence-electron chi connectivity index (χ1n) is 11.5. The second-order valence-electron chi connectivity index (χ2n) is 7.70. The van der Waals surface area contributed by atoms with Gasteiger partial charge in [-0.3, -0.25) is 9.78 Å². The molecule has 0 unspecified atom stereocenters. The predicted molar refractivity (Wildman–Crippen MR) is 141 cm³/mol. The van der Waals surface area contributed by atoms with Gasteiger partial charge in [-0.05, 0) is 78.4 Å². The van der Waals surface area contributed by atoms with Gasteiger partial charge in [0.25, 0.3) is 5.91 Å². The molecule has 0 bridgehead atoms. The predicted octanol–water partition coefficient (Wildman–Crippen LogP) is 5.69. The summed E-state index contributed by atoms with van der Waals surface area (Å²) in [6, 6.07) is 3.49. The Morgan fingerprint density at radius 1 is 1.24 bits per heavy atom. The number of carbonyl (C=O) groups excluding carboxylic acids is 1. The third-order valence-corrected chi connectivity index (χ3v) is 5.95. The number of carbonyl (C=O) groups is 1. The summed E-state index contributed by atoms with van der Waals surface area (Å²) in [5.74, 6) is 0.879. The van der Waals surface area contributed by atoms with Crippen molar-refractivity contribution in [1.29, 1.82) is 0 Å². The molecule has 0 radical (unpaired) electrons. The largest absolute Gasteiger partial charge is 0.508 e. The van der Waals surface area contributed by atoms with E-state index in [1.165, 1.54) is 0 Å². The number of aliphatic hydroxyl groups is 1. The van der Waals surface area contributed by atoms with Crippen LogP contribution in [-0.2, 0) is 0 Å². The molecule has 8 heteroatoms. The zero-order chi connectivity index (χ0) is 24.9. The summed E-state index contributed by atoms with van der Waals surface area (Å²) in [6.45, 7) is 11.4. The summed E-state index contributed by atoms with van der Waals surface area (Å²) >= 11 is 3.52. The molecule has 0 aliphatic rings. The first-order chi connectivity index (χ1) is 16.4. The summed E-state index contributed by atoms with van der Waals surface area (Å²) in [4.78, 5) is 16.1. The van der Waals surface area contributed by atoms with Crippen LogP contribution in [0.15, 0.2) is 76.9 Å². The second-order valence-corrected chi connectivity index (χ2v) is 8.56. The maximum Gasteiger partial charge on any atom is 0.252 e. The number of nitrogens with zero attached hydrogens (tertiary/aromatic N) is 3. The van der Waals surface area contributed by atoms with E-state index in [1.54, 1.807) is 36.8 Å². The lowest BCUT2D eigenvalue weighted by molar-refractivity contribution is 0.0952. The molecule has 0 aliphatic carbocycles. The normalized spacial score (nSPS) is 12.5. The Hall–Kier alpha value is -3.13. The van der Waals surface area contributed by atoms with Gasteiger partial charge >= 0.3 is 0 Å². The SMILES string of the molecule is C=C(/C=C(/NCCCCNC(=O)c1cccnc1)n1ncc(Br)c1C)/C(CC)=C(O)/C=C\CC. The highest BCUT2D eigenvalue weighted by Gasteiger charge is 2.11. The van der Waals surface area contributed by atoms with Gasteiger partial charge in [0.1, 0.15) is 11.6 Å². The van der Waals surface area contributed by atoms with E-state index in [4.69, 9.17) is 0 Å². The number of aliphatic hydroxyl groups excluding tert-OH is 1. The van der Waals surface area contributed by atoms with Gasteiger partial charge in [-0.1, -0.05) is 26.5 Å². The Kier molecular flexibility index (Phi) is 11.3. The molecule has 7 nitrogen and oxygen atoms in total. The molecule has 2 rings (SSSR count). The molecule has 182 valence electrons. The topological polar surface area (TPSA) is 92.1 Å². The summed E-state index contributed by atoms with van der Waals surface area (Å²) in [5.41, 5.74) is 3.01. The standard InChI is InChI=1S/C26H34BrN5O2/c1-5-7-12-24(33)22(6-2)19(3)16-25(32-20(4)23(27)18-31-32)29-14-8-9-15-30-26(34)21-11-10-13-28-17-21/h7,10-13,16-18,29,33H,3,5-6,8-9,14-15H2,1-2,4H3,(H,30,34)/b12-7-,24-22-,25-16-. The number of hydrogen-bond acceptors (Lipinski definition) is 5. The van der Waals surface area contributed by atoms with Crippen LogP contribution in [0.25, 0.3) is 5.82 Å². The summed E-state index contributed by atoms with van der Waals surface area (Å²) < 4.78 is 2.72. The average molecular weight is 528 g/mol. The fraction of sp³-hybridized carbons (Fsp3) is 0.346. The number of nitrogens with one attached hydrogen (secondary N) is 2. The molecule has 0 saturated carbocycles. The third-order valence-electron chi connectivity index (χ3n) is 5.17. The summed E-state index contributed by atoms with van der Waals surface area (Å²) in [5, 5.41) is 21.3. The fourth-order valence-electron chi connectivity index (χ4n) is 3.24. The average Bonchev–Trinajstić information content (AvgIpc) is 3.17. The molecule has 3 N–H and O–H groups in total. The van der Waals surface area contributed by atoms with E-state index < -0.39 is 0 Å². The number of aromatic nitrogens is 3. The molecule has 2 aromatic heterocycles. The molecule has 0 fully saturated rings. The highest BCUT2D eigenvalue weighted by molar-refractivity contribution is 9.10. The number of rotatable bonds is 13. The maximum atomic E-state index is 12.1. The van der Waals surface area contributed by atoms with Gasteiger partial charge < -0.3 is 15.7 Å². The minimum Gasteiger partial charge on any atom is -0.508 e. The number of halogens is 1. The van der Waals surface area contributed by atoms with Crippen LogP contribution in [0.5, 0.6) is 0 Å². The van der Waals surface area contributed by atoms with Crippen molar-refractivity contribution in [3.8, 4) is 0 Å². The summed E-state index contributed by atoms with van der Waals surface area (Å²) in [7, 11) is 0. The smallest absolute Gasteiger partial charge is 0.252 e. The van der Waals surface area contributed by atoms with Crippen molar-refractivity contribution >= 4 is 27.7 Å². The Bertz CT molecular complexity index is 1050. The highest BCUT2D eigenvalue weighted by atomic mass is 79.9. The first-order valence-corrected chi connectivity index (χ1v) is 12.3. The molecule has 1 amide bonds. The Morgan fingerprint density at radius 2 is 1.97 bits per heavy atom. The van der Waals surface area contributed by atoms with Crippen LogP contribution in [0.4, 0.5) is 0 Å². The van der Waals surface area contributed by atoms with Crippen molar-refractivity contribution in [2.75, 3.05) is 13.1 Å². The monoisotopic (exact) mass is 527 g/mol. The minimum atomic E-state index is -0.120. The van der Waals surface area contributed by atoms with E-state index in [-0.39, 0.29) is 11.7 Å². The summed E-state index contributed by atoms with van der Waals surface area (Å²) in [6.07, 6.45) is 13.7. The molecule has 34 heavy (non-hydrogen) atoms. The number of pyridine rings is 1. The Labute approximate surface area is 210 Å². The lowest BCUT2D eigenvalue weighted by atomic mass is 10.0. The Morgan fingerprint density at radius 3 is 2.56 bits per heavy atom. The molecular formula is C26H34BrN5O2. The fourth-order valence-corrected chi connectivity index (χ4v) is 3.50. The zero-order valence-electron chi connectivity index (χ0n) is 20.1. The lowest BCUT2D eigenvalue weighted by Crippen LogP contribution is -2.26. The van der Waals surface area contributed by atoms with Gasteiger partial charge in [0.2, 0.25) is 0 Å². The van der Waals surface area contributed by atoms with Crippen molar-refractivity contribution in [3.05, 3.63) is 88.2 Å². The van der Waals surface area contributed by atoms with Crippen LogP contribution in [0.2, 0.25) is 0 Å². The van der Waals surface area contributed by atoms with Gasteiger partial charge in [-0.15, -0.1) is 0 Å². The van der Waals surface area contributed by atoms with Crippen LogP contribution in [0.1, 0.15) is 55.6 Å². The van der Waals surface area contributed by atoms with E-state index in [1.807, 2.05) is 37.6 Å². The van der Waals surface area contributed by atoms with Gasteiger partial charge in [0, 0.05) is 31.1 Å².